The van der Waals surface area contributed by atoms with Crippen LogP contribution in [0.25, 0.3) is 11.0 Å². The van der Waals surface area contributed by atoms with Crippen LogP contribution in [0.2, 0.25) is 0 Å². The first-order valence-corrected chi connectivity index (χ1v) is 4.12. The second kappa shape index (κ2) is 2.10. The van der Waals surface area contributed by atoms with E-state index in [4.69, 9.17) is 0 Å². The minimum absolute atomic E-state index is 0.988. The molecular formula is C6H6AsN3. The summed E-state index contributed by atoms with van der Waals surface area (Å²) in [5.74, 6) is 0. The number of H-pyrrole nitrogens is 1. The molecule has 1 atom stereocenters. The summed E-state index contributed by atoms with van der Waals surface area (Å²) in [5.41, 5.74) is 2.05. The van der Waals surface area contributed by atoms with Gasteiger partial charge in [0.1, 0.15) is 0 Å². The molecule has 0 saturated carbocycles. The molecule has 0 aliphatic rings. The van der Waals surface area contributed by atoms with Crippen molar-refractivity contribution < 1.29 is 0 Å². The van der Waals surface area contributed by atoms with Crippen molar-refractivity contribution in [3.05, 3.63) is 18.6 Å². The zero-order valence-electron chi connectivity index (χ0n) is 5.20. The van der Waals surface area contributed by atoms with E-state index >= 15 is 0 Å². The molecule has 2 aromatic heterocycles. The fraction of sp³-hybridized carbons (Fsp3) is 0. The average molecular weight is 195 g/mol. The molecule has 0 saturated heterocycles. The molecular weight excluding hydrogens is 189 g/mol. The number of imidazole rings is 1. The van der Waals surface area contributed by atoms with Gasteiger partial charge in [0, 0.05) is 0 Å². The van der Waals surface area contributed by atoms with E-state index in [0.717, 1.165) is 15.5 Å². The SMILES string of the molecule is [AsH2]c1nccc2[nH]cnc12. The predicted octanol–water partition coefficient (Wildman–Crippen LogP) is -0.784. The van der Waals surface area contributed by atoms with Crippen LogP contribution in [-0.4, -0.2) is 31.8 Å². The third-order valence-corrected chi connectivity index (χ3v) is 2.25. The Morgan fingerprint density at radius 1 is 1.40 bits per heavy atom. The molecule has 0 aliphatic carbocycles. The summed E-state index contributed by atoms with van der Waals surface area (Å²) in [5, 5.41) is 0. The van der Waals surface area contributed by atoms with Crippen molar-refractivity contribution in [2.24, 2.45) is 0 Å². The predicted molar refractivity (Wildman–Crippen MR) is 42.1 cm³/mol. The number of hydrogen-bond donors (Lipinski definition) is 1. The molecule has 1 N–H and O–H groups in total. The van der Waals surface area contributed by atoms with Gasteiger partial charge in [0.15, 0.2) is 0 Å². The minimum atomic E-state index is 0.988. The van der Waals surface area contributed by atoms with Crippen molar-refractivity contribution in [3.63, 3.8) is 0 Å². The van der Waals surface area contributed by atoms with Crippen molar-refractivity contribution in [2.45, 2.75) is 0 Å². The Morgan fingerprint density at radius 3 is 3.10 bits per heavy atom. The van der Waals surface area contributed by atoms with E-state index in [0.29, 0.717) is 0 Å². The zero-order valence-corrected chi connectivity index (χ0v) is 7.63. The summed E-state index contributed by atoms with van der Waals surface area (Å²) in [7, 11) is 0. The average Bonchev–Trinajstić information content (AvgIpc) is 2.36. The number of fused-ring (bicyclic) bond motifs is 1. The Bertz CT molecular complexity index is 355. The first kappa shape index (κ1) is 5.93. The Morgan fingerprint density at radius 2 is 2.30 bits per heavy atom. The third kappa shape index (κ3) is 0.745. The summed E-state index contributed by atoms with van der Waals surface area (Å²) >= 11 is 1.50. The van der Waals surface area contributed by atoms with E-state index in [-0.39, 0.29) is 0 Å². The molecule has 0 bridgehead atoms. The van der Waals surface area contributed by atoms with Gasteiger partial charge >= 0.3 is 65.9 Å². The van der Waals surface area contributed by atoms with Crippen LogP contribution in [0.15, 0.2) is 18.6 Å². The van der Waals surface area contributed by atoms with Crippen LogP contribution in [0, 0.1) is 0 Å². The van der Waals surface area contributed by atoms with E-state index < -0.39 is 0 Å². The molecule has 3 nitrogen and oxygen atoms in total. The second-order valence-electron chi connectivity index (χ2n) is 1.99. The van der Waals surface area contributed by atoms with Gasteiger partial charge < -0.3 is 0 Å². The van der Waals surface area contributed by atoms with Crippen LogP contribution < -0.4 is 4.48 Å². The van der Waals surface area contributed by atoms with Crippen molar-refractivity contribution in [1.82, 2.24) is 15.0 Å². The monoisotopic (exact) mass is 195 g/mol. The molecule has 0 aromatic carbocycles. The van der Waals surface area contributed by atoms with E-state index in [1.54, 1.807) is 12.5 Å². The maximum absolute atomic E-state index is 4.12. The van der Waals surface area contributed by atoms with Gasteiger partial charge in [0.25, 0.3) is 0 Å². The first-order valence-electron chi connectivity index (χ1n) is 2.91. The number of pyridine rings is 1. The van der Waals surface area contributed by atoms with Gasteiger partial charge in [-0.15, -0.1) is 0 Å². The van der Waals surface area contributed by atoms with Gasteiger partial charge in [0.05, 0.1) is 0 Å². The van der Waals surface area contributed by atoms with Gasteiger partial charge in [-0.25, -0.2) is 0 Å². The van der Waals surface area contributed by atoms with Crippen molar-refractivity contribution in [1.29, 1.82) is 0 Å². The third-order valence-electron chi connectivity index (χ3n) is 1.37. The molecule has 0 fully saturated rings. The Kier molecular flexibility index (Phi) is 1.24. The molecule has 4 heteroatoms. The molecule has 10 heavy (non-hydrogen) atoms. The van der Waals surface area contributed by atoms with Gasteiger partial charge in [-0.2, -0.15) is 0 Å². The van der Waals surface area contributed by atoms with Gasteiger partial charge in [-0.1, -0.05) is 0 Å². The van der Waals surface area contributed by atoms with E-state index in [1.165, 1.54) is 16.9 Å². The standard InChI is InChI=1S/C6H6AsN3/c7-6-5-4(1-2-8-6)9-3-10-5/h1-3H,7H2,(H,9,10). The number of hydrogen-bond acceptors (Lipinski definition) is 2. The number of rotatable bonds is 0. The Balaban J connectivity index is 2.95. The number of aromatic amines is 1. The normalized spacial score (nSPS) is 10.5. The topological polar surface area (TPSA) is 41.6 Å². The Hall–Kier alpha value is -0.822. The van der Waals surface area contributed by atoms with Crippen LogP contribution in [0.5, 0.6) is 0 Å². The molecule has 0 radical (unpaired) electrons. The van der Waals surface area contributed by atoms with E-state index in [9.17, 15) is 0 Å². The van der Waals surface area contributed by atoms with E-state index in [2.05, 4.69) is 15.0 Å². The number of aromatic nitrogens is 3. The fourth-order valence-corrected chi connectivity index (χ4v) is 1.55. The second-order valence-corrected chi connectivity index (χ2v) is 3.14. The van der Waals surface area contributed by atoms with Crippen LogP contribution in [-0.2, 0) is 0 Å². The van der Waals surface area contributed by atoms with Crippen molar-refractivity contribution in [2.75, 3.05) is 0 Å². The van der Waals surface area contributed by atoms with Crippen LogP contribution in [0.4, 0.5) is 0 Å². The summed E-state index contributed by atoms with van der Waals surface area (Å²) in [4.78, 5) is 11.3. The first-order chi connectivity index (χ1) is 4.88. The summed E-state index contributed by atoms with van der Waals surface area (Å²) in [6, 6.07) is 1.92. The molecule has 0 amide bonds. The van der Waals surface area contributed by atoms with Crippen LogP contribution in [0.3, 0.4) is 0 Å². The number of nitrogens with one attached hydrogen (secondary N) is 1. The molecule has 2 rings (SSSR count). The van der Waals surface area contributed by atoms with Crippen molar-refractivity contribution in [3.8, 4) is 0 Å². The Labute approximate surface area is 66.4 Å². The molecule has 50 valence electrons. The van der Waals surface area contributed by atoms with Crippen LogP contribution in [0.1, 0.15) is 0 Å². The zero-order chi connectivity index (χ0) is 6.97. The van der Waals surface area contributed by atoms with Gasteiger partial charge in [0.2, 0.25) is 0 Å². The molecule has 2 aromatic rings. The molecule has 0 aliphatic heterocycles. The van der Waals surface area contributed by atoms with Crippen molar-refractivity contribution >= 4 is 32.4 Å². The van der Waals surface area contributed by atoms with E-state index in [1.807, 2.05) is 6.07 Å². The molecule has 1 unspecified atom stereocenters. The maximum atomic E-state index is 4.12. The number of nitrogens with zero attached hydrogens (tertiary/aromatic N) is 2. The van der Waals surface area contributed by atoms with Crippen LogP contribution >= 0.6 is 0 Å². The fourth-order valence-electron chi connectivity index (χ4n) is 0.889. The van der Waals surface area contributed by atoms with Gasteiger partial charge in [-0.3, -0.25) is 0 Å². The summed E-state index contributed by atoms with van der Waals surface area (Å²) in [6.45, 7) is 0. The summed E-state index contributed by atoms with van der Waals surface area (Å²) in [6.07, 6.45) is 3.48. The molecule has 2 heterocycles. The summed E-state index contributed by atoms with van der Waals surface area (Å²) < 4.78 is 1.03. The molecule has 0 spiro atoms. The van der Waals surface area contributed by atoms with Gasteiger partial charge in [-0.05, 0) is 0 Å². The quantitative estimate of drug-likeness (QED) is 0.560.